The van der Waals surface area contributed by atoms with Crippen LogP contribution in [0.3, 0.4) is 0 Å². The second kappa shape index (κ2) is 10.1. The number of nitrogens with one attached hydrogen (secondary N) is 2. The molecule has 2 rings (SSSR count). The van der Waals surface area contributed by atoms with E-state index in [1.807, 2.05) is 0 Å². The molecule has 24 heavy (non-hydrogen) atoms. The summed E-state index contributed by atoms with van der Waals surface area (Å²) in [6.45, 7) is 0.931. The SMILES string of the molecule is CN=C(NCc1ccc(F)cc1)NCc1ccc(OC)c(F)c1.I. The molecule has 0 aromatic heterocycles. The molecule has 0 saturated carbocycles. The van der Waals surface area contributed by atoms with Crippen LogP contribution in [0.5, 0.6) is 5.75 Å². The number of methoxy groups -OCH3 is 1. The molecule has 0 atom stereocenters. The van der Waals surface area contributed by atoms with Gasteiger partial charge in [0.1, 0.15) is 5.82 Å². The van der Waals surface area contributed by atoms with Crippen molar-refractivity contribution in [3.8, 4) is 5.75 Å². The van der Waals surface area contributed by atoms with E-state index in [-0.39, 0.29) is 35.5 Å². The maximum Gasteiger partial charge on any atom is 0.191 e. The number of rotatable bonds is 5. The van der Waals surface area contributed by atoms with Gasteiger partial charge in [0.2, 0.25) is 0 Å². The summed E-state index contributed by atoms with van der Waals surface area (Å²) in [5.41, 5.74) is 1.71. The first-order chi connectivity index (χ1) is 11.1. The minimum Gasteiger partial charge on any atom is -0.494 e. The van der Waals surface area contributed by atoms with Crippen LogP contribution >= 0.6 is 24.0 Å². The summed E-state index contributed by atoms with van der Waals surface area (Å²) >= 11 is 0. The Kier molecular flexibility index (Phi) is 8.45. The van der Waals surface area contributed by atoms with Gasteiger partial charge in [0.15, 0.2) is 17.5 Å². The molecule has 0 radical (unpaired) electrons. The topological polar surface area (TPSA) is 45.7 Å². The Hall–Kier alpha value is -1.90. The number of ether oxygens (including phenoxy) is 1. The second-order valence-electron chi connectivity index (χ2n) is 4.87. The van der Waals surface area contributed by atoms with E-state index in [2.05, 4.69) is 15.6 Å². The van der Waals surface area contributed by atoms with Crippen LogP contribution in [0, 0.1) is 11.6 Å². The van der Waals surface area contributed by atoms with E-state index in [9.17, 15) is 8.78 Å². The lowest BCUT2D eigenvalue weighted by molar-refractivity contribution is 0.386. The van der Waals surface area contributed by atoms with E-state index < -0.39 is 5.82 Å². The summed E-state index contributed by atoms with van der Waals surface area (Å²) in [6, 6.07) is 11.0. The molecule has 0 unspecified atom stereocenters. The highest BCUT2D eigenvalue weighted by molar-refractivity contribution is 14.0. The normalized spacial score (nSPS) is 10.8. The number of aliphatic imine (C=N–C) groups is 1. The van der Waals surface area contributed by atoms with Gasteiger partial charge >= 0.3 is 0 Å². The molecular formula is C17H20F2IN3O. The van der Waals surface area contributed by atoms with E-state index in [1.54, 1.807) is 31.3 Å². The summed E-state index contributed by atoms with van der Waals surface area (Å²) in [4.78, 5) is 4.09. The highest BCUT2D eigenvalue weighted by Crippen LogP contribution is 2.17. The summed E-state index contributed by atoms with van der Waals surface area (Å²) < 4.78 is 31.4. The monoisotopic (exact) mass is 447 g/mol. The zero-order valence-electron chi connectivity index (χ0n) is 13.5. The van der Waals surface area contributed by atoms with Gasteiger partial charge in [0.05, 0.1) is 7.11 Å². The fourth-order valence-electron chi connectivity index (χ4n) is 2.01. The first-order valence-electron chi connectivity index (χ1n) is 7.13. The van der Waals surface area contributed by atoms with Gasteiger partial charge in [0, 0.05) is 20.1 Å². The number of guanidine groups is 1. The van der Waals surface area contributed by atoms with Gasteiger partial charge in [-0.1, -0.05) is 18.2 Å². The lowest BCUT2D eigenvalue weighted by Crippen LogP contribution is -2.36. The van der Waals surface area contributed by atoms with Crippen molar-refractivity contribution in [2.75, 3.05) is 14.2 Å². The Labute approximate surface area is 157 Å². The third kappa shape index (κ3) is 5.95. The number of halogens is 3. The molecule has 2 aromatic carbocycles. The highest BCUT2D eigenvalue weighted by Gasteiger charge is 2.04. The first-order valence-corrected chi connectivity index (χ1v) is 7.13. The molecule has 7 heteroatoms. The Morgan fingerprint density at radius 3 is 2.12 bits per heavy atom. The van der Waals surface area contributed by atoms with Crippen LogP contribution in [-0.4, -0.2) is 20.1 Å². The summed E-state index contributed by atoms with van der Waals surface area (Å²) in [5.74, 6) is 0.122. The molecule has 0 saturated heterocycles. The van der Waals surface area contributed by atoms with Crippen LogP contribution in [0.2, 0.25) is 0 Å². The Bertz CT molecular complexity index is 678. The Balaban J connectivity index is 0.00000288. The van der Waals surface area contributed by atoms with Gasteiger partial charge in [-0.25, -0.2) is 8.78 Å². The van der Waals surface area contributed by atoms with Crippen molar-refractivity contribution < 1.29 is 13.5 Å². The summed E-state index contributed by atoms with van der Waals surface area (Å²) in [6.07, 6.45) is 0. The van der Waals surface area contributed by atoms with Crippen LogP contribution in [0.1, 0.15) is 11.1 Å². The zero-order chi connectivity index (χ0) is 16.7. The molecule has 0 heterocycles. The van der Waals surface area contributed by atoms with Crippen molar-refractivity contribution in [2.24, 2.45) is 4.99 Å². The Morgan fingerprint density at radius 2 is 1.58 bits per heavy atom. The molecular weight excluding hydrogens is 427 g/mol. The van der Waals surface area contributed by atoms with Crippen molar-refractivity contribution in [3.05, 3.63) is 65.2 Å². The van der Waals surface area contributed by atoms with Crippen LogP contribution < -0.4 is 15.4 Å². The predicted octanol–water partition coefficient (Wildman–Crippen LogP) is 3.46. The average molecular weight is 447 g/mol. The third-order valence-corrected chi connectivity index (χ3v) is 3.27. The van der Waals surface area contributed by atoms with Gasteiger partial charge in [0.25, 0.3) is 0 Å². The molecule has 0 fully saturated rings. The smallest absolute Gasteiger partial charge is 0.191 e. The zero-order valence-corrected chi connectivity index (χ0v) is 15.8. The number of benzene rings is 2. The molecule has 0 aliphatic heterocycles. The molecule has 4 nitrogen and oxygen atoms in total. The number of hydrogen-bond donors (Lipinski definition) is 2. The maximum absolute atomic E-state index is 13.6. The van der Waals surface area contributed by atoms with Crippen LogP contribution in [0.4, 0.5) is 8.78 Å². The van der Waals surface area contributed by atoms with Gasteiger partial charge in [-0.05, 0) is 35.4 Å². The molecule has 0 aliphatic rings. The molecule has 0 spiro atoms. The number of hydrogen-bond acceptors (Lipinski definition) is 2. The maximum atomic E-state index is 13.6. The average Bonchev–Trinajstić information content (AvgIpc) is 2.56. The molecule has 0 bridgehead atoms. The lowest BCUT2D eigenvalue weighted by atomic mass is 10.2. The van der Waals surface area contributed by atoms with E-state index in [0.717, 1.165) is 11.1 Å². The predicted molar refractivity (Wildman–Crippen MR) is 102 cm³/mol. The van der Waals surface area contributed by atoms with Crippen LogP contribution in [-0.2, 0) is 13.1 Å². The molecule has 0 aliphatic carbocycles. The lowest BCUT2D eigenvalue weighted by Gasteiger charge is -2.12. The quantitative estimate of drug-likeness (QED) is 0.420. The van der Waals surface area contributed by atoms with E-state index in [0.29, 0.717) is 19.0 Å². The van der Waals surface area contributed by atoms with Crippen molar-refractivity contribution in [3.63, 3.8) is 0 Å². The van der Waals surface area contributed by atoms with Gasteiger partial charge in [-0.2, -0.15) is 0 Å². The Morgan fingerprint density at radius 1 is 1.00 bits per heavy atom. The summed E-state index contributed by atoms with van der Waals surface area (Å²) in [7, 11) is 3.08. The second-order valence-corrected chi connectivity index (χ2v) is 4.87. The number of nitrogens with zero attached hydrogens (tertiary/aromatic N) is 1. The van der Waals surface area contributed by atoms with Crippen molar-refractivity contribution in [2.45, 2.75) is 13.1 Å². The summed E-state index contributed by atoms with van der Waals surface area (Å²) in [5, 5.41) is 6.20. The fraction of sp³-hybridized carbons (Fsp3) is 0.235. The van der Waals surface area contributed by atoms with Gasteiger partial charge in [-0.15, -0.1) is 24.0 Å². The highest BCUT2D eigenvalue weighted by atomic mass is 127. The van der Waals surface area contributed by atoms with Crippen LogP contribution in [0.15, 0.2) is 47.5 Å². The van der Waals surface area contributed by atoms with Gasteiger partial charge < -0.3 is 15.4 Å². The van der Waals surface area contributed by atoms with Crippen LogP contribution in [0.25, 0.3) is 0 Å². The van der Waals surface area contributed by atoms with Gasteiger partial charge in [-0.3, -0.25) is 4.99 Å². The molecule has 130 valence electrons. The minimum atomic E-state index is -0.402. The van der Waals surface area contributed by atoms with Crippen molar-refractivity contribution in [1.82, 2.24) is 10.6 Å². The van der Waals surface area contributed by atoms with E-state index in [1.165, 1.54) is 25.3 Å². The molecule has 2 aromatic rings. The van der Waals surface area contributed by atoms with Crippen molar-refractivity contribution in [1.29, 1.82) is 0 Å². The minimum absolute atomic E-state index is 0. The van der Waals surface area contributed by atoms with E-state index in [4.69, 9.17) is 4.74 Å². The van der Waals surface area contributed by atoms with E-state index >= 15 is 0 Å². The fourth-order valence-corrected chi connectivity index (χ4v) is 2.01. The molecule has 0 amide bonds. The van der Waals surface area contributed by atoms with Crippen molar-refractivity contribution >= 4 is 29.9 Å². The third-order valence-electron chi connectivity index (χ3n) is 3.27. The first kappa shape index (κ1) is 20.1. The largest absolute Gasteiger partial charge is 0.494 e. The standard InChI is InChI=1S/C17H19F2N3O.HI/c1-20-17(21-10-12-3-6-14(18)7-4-12)22-11-13-5-8-16(23-2)15(19)9-13;/h3-9H,10-11H2,1-2H3,(H2,20,21,22);1H. The molecule has 2 N–H and O–H groups in total.